The van der Waals surface area contributed by atoms with Gasteiger partial charge in [0.25, 0.3) is 5.56 Å². The Bertz CT molecular complexity index is 1170. The minimum absolute atomic E-state index is 0.184. The van der Waals surface area contributed by atoms with Gasteiger partial charge in [0.15, 0.2) is 0 Å². The number of aryl methyl sites for hydroxylation is 1. The van der Waals surface area contributed by atoms with Gasteiger partial charge >= 0.3 is 12.1 Å². The first kappa shape index (κ1) is 21.2. The van der Waals surface area contributed by atoms with E-state index in [4.69, 9.17) is 4.74 Å². The molecule has 1 aliphatic carbocycles. The second-order valence-electron chi connectivity index (χ2n) is 9.38. The Balaban J connectivity index is 1.72. The highest BCUT2D eigenvalue weighted by Gasteiger charge is 2.30. The summed E-state index contributed by atoms with van der Waals surface area (Å²) in [6, 6.07) is 3.44. The fourth-order valence-electron chi connectivity index (χ4n) is 4.21. The van der Waals surface area contributed by atoms with Crippen LogP contribution in [0.5, 0.6) is 0 Å². The van der Waals surface area contributed by atoms with Crippen molar-refractivity contribution >= 4 is 23.2 Å². The van der Waals surface area contributed by atoms with Gasteiger partial charge in [-0.05, 0) is 87.3 Å². The van der Waals surface area contributed by atoms with Gasteiger partial charge in [0.1, 0.15) is 11.2 Å². The average Bonchev–Trinajstić information content (AvgIpc) is 3.52. The van der Waals surface area contributed by atoms with E-state index in [1.165, 1.54) is 4.40 Å². The topological polar surface area (TPSA) is 88.3 Å². The van der Waals surface area contributed by atoms with Crippen LogP contribution in [-0.4, -0.2) is 45.2 Å². The van der Waals surface area contributed by atoms with Crippen LogP contribution in [0.15, 0.2) is 29.2 Å². The number of hydrogen-bond acceptors (Lipinski definition) is 4. The summed E-state index contributed by atoms with van der Waals surface area (Å²) in [7, 11) is 0. The average molecular weight is 424 g/mol. The Hall–Kier alpha value is -3.09. The number of ether oxygens (including phenoxy) is 1. The number of hydrogen-bond donors (Lipinski definition) is 1. The van der Waals surface area contributed by atoms with Crippen molar-refractivity contribution in [1.82, 2.24) is 9.30 Å². The van der Waals surface area contributed by atoms with Crippen molar-refractivity contribution in [2.24, 2.45) is 0 Å². The number of carboxylic acids is 1. The predicted octanol–water partition coefficient (Wildman–Crippen LogP) is 4.21. The van der Waals surface area contributed by atoms with Crippen molar-refractivity contribution < 1.29 is 19.4 Å². The van der Waals surface area contributed by atoms with Crippen LogP contribution in [0.2, 0.25) is 0 Å². The van der Waals surface area contributed by atoms with E-state index < -0.39 is 17.1 Å². The van der Waals surface area contributed by atoms with E-state index in [1.54, 1.807) is 17.2 Å². The van der Waals surface area contributed by atoms with Crippen molar-refractivity contribution in [3.8, 4) is 0 Å². The number of rotatable bonds is 3. The van der Waals surface area contributed by atoms with Crippen LogP contribution < -0.4 is 5.56 Å². The van der Waals surface area contributed by atoms with E-state index in [0.29, 0.717) is 25.4 Å². The standard InChI is InChI=1S/C24H28N2O5/c1-14-17(16-7-10-25(11-8-16)23(30)31-24(2,3)4)9-12-26-20(14)18(15-5-6-15)13-19(21(26)27)22(28)29/h7,9,12-13,15H,5-6,8,10-11H2,1-4H3,(H,28,29). The van der Waals surface area contributed by atoms with Gasteiger partial charge in [0.2, 0.25) is 0 Å². The molecule has 1 amide bonds. The fourth-order valence-corrected chi connectivity index (χ4v) is 4.21. The summed E-state index contributed by atoms with van der Waals surface area (Å²) in [6.07, 6.45) is 6.09. The number of nitrogens with zero attached hydrogens (tertiary/aromatic N) is 2. The number of aromatic carboxylic acids is 1. The predicted molar refractivity (Wildman–Crippen MR) is 118 cm³/mol. The van der Waals surface area contributed by atoms with Gasteiger partial charge in [0.05, 0.1) is 5.52 Å². The summed E-state index contributed by atoms with van der Waals surface area (Å²) in [5.41, 5.74) is 3.65. The Morgan fingerprint density at radius 3 is 2.48 bits per heavy atom. The van der Waals surface area contributed by atoms with Crippen LogP contribution in [-0.2, 0) is 4.74 Å². The second-order valence-corrected chi connectivity index (χ2v) is 9.38. The molecule has 1 N–H and O–H groups in total. The molecule has 1 aliphatic heterocycles. The lowest BCUT2D eigenvalue weighted by molar-refractivity contribution is 0.0270. The van der Waals surface area contributed by atoms with Crippen LogP contribution >= 0.6 is 0 Å². The molecule has 164 valence electrons. The van der Waals surface area contributed by atoms with Gasteiger partial charge in [-0.1, -0.05) is 6.08 Å². The maximum absolute atomic E-state index is 12.7. The molecular formula is C24H28N2O5. The highest BCUT2D eigenvalue weighted by molar-refractivity contribution is 5.89. The minimum Gasteiger partial charge on any atom is -0.477 e. The van der Waals surface area contributed by atoms with Crippen molar-refractivity contribution in [3.63, 3.8) is 0 Å². The molecule has 0 radical (unpaired) electrons. The monoisotopic (exact) mass is 424 g/mol. The third-order valence-electron chi connectivity index (χ3n) is 5.87. The fraction of sp³-hybridized carbons (Fsp3) is 0.458. The first-order chi connectivity index (χ1) is 14.6. The summed E-state index contributed by atoms with van der Waals surface area (Å²) >= 11 is 0. The van der Waals surface area contributed by atoms with Crippen molar-refractivity contribution in [3.05, 3.63) is 57.0 Å². The Morgan fingerprint density at radius 1 is 1.23 bits per heavy atom. The number of aromatic nitrogens is 1. The normalized spacial score (nSPS) is 16.9. The molecule has 0 unspecified atom stereocenters. The maximum atomic E-state index is 12.7. The first-order valence-corrected chi connectivity index (χ1v) is 10.7. The summed E-state index contributed by atoms with van der Waals surface area (Å²) in [6.45, 7) is 8.56. The lowest BCUT2D eigenvalue weighted by Gasteiger charge is -2.30. The van der Waals surface area contributed by atoms with Crippen LogP contribution in [0.25, 0.3) is 11.1 Å². The van der Waals surface area contributed by atoms with Crippen molar-refractivity contribution in [1.29, 1.82) is 0 Å². The number of carbonyl (C=O) groups excluding carboxylic acids is 1. The van der Waals surface area contributed by atoms with E-state index in [-0.39, 0.29) is 11.7 Å². The number of pyridine rings is 2. The molecule has 3 heterocycles. The van der Waals surface area contributed by atoms with E-state index in [1.807, 2.05) is 39.8 Å². The third kappa shape index (κ3) is 4.09. The second kappa shape index (κ2) is 7.55. The molecule has 1 fully saturated rings. The molecule has 2 aliphatic rings. The third-order valence-corrected chi connectivity index (χ3v) is 5.87. The number of carboxylic acid groups (broad SMARTS) is 1. The van der Waals surface area contributed by atoms with Crippen LogP contribution in [0.1, 0.15) is 73.0 Å². The number of amides is 1. The zero-order chi connectivity index (χ0) is 22.5. The summed E-state index contributed by atoms with van der Waals surface area (Å²) < 4.78 is 6.94. The molecule has 2 aromatic heterocycles. The number of carbonyl (C=O) groups is 2. The molecule has 0 aromatic carbocycles. The molecule has 1 saturated carbocycles. The zero-order valence-electron chi connectivity index (χ0n) is 18.4. The highest BCUT2D eigenvalue weighted by Crippen LogP contribution is 2.43. The highest BCUT2D eigenvalue weighted by atomic mass is 16.6. The van der Waals surface area contributed by atoms with E-state index >= 15 is 0 Å². The molecule has 0 bridgehead atoms. The zero-order valence-corrected chi connectivity index (χ0v) is 18.4. The van der Waals surface area contributed by atoms with Crippen molar-refractivity contribution in [2.75, 3.05) is 13.1 Å². The Kier molecular flexibility index (Phi) is 5.15. The maximum Gasteiger partial charge on any atom is 0.410 e. The molecule has 0 saturated heterocycles. The molecule has 4 rings (SSSR count). The quantitative estimate of drug-likeness (QED) is 0.797. The first-order valence-electron chi connectivity index (χ1n) is 10.7. The molecular weight excluding hydrogens is 396 g/mol. The van der Waals surface area contributed by atoms with Crippen LogP contribution in [0, 0.1) is 6.92 Å². The van der Waals surface area contributed by atoms with Crippen LogP contribution in [0.3, 0.4) is 0 Å². The molecule has 2 aromatic rings. The molecule has 0 spiro atoms. The van der Waals surface area contributed by atoms with Gasteiger partial charge in [-0.15, -0.1) is 0 Å². The smallest absolute Gasteiger partial charge is 0.410 e. The SMILES string of the molecule is Cc1c(C2=CCN(C(=O)OC(C)(C)C)CC2)ccn2c(=O)c(C(=O)O)cc(C3CC3)c12. The molecule has 0 atom stereocenters. The summed E-state index contributed by atoms with van der Waals surface area (Å²) in [5.74, 6) is -0.897. The summed E-state index contributed by atoms with van der Waals surface area (Å²) in [4.78, 5) is 38.3. The van der Waals surface area contributed by atoms with Crippen molar-refractivity contribution in [2.45, 2.75) is 58.5 Å². The van der Waals surface area contributed by atoms with Gasteiger partial charge in [-0.2, -0.15) is 0 Å². The summed E-state index contributed by atoms with van der Waals surface area (Å²) in [5, 5.41) is 9.45. The lowest BCUT2D eigenvalue weighted by atomic mass is 9.93. The van der Waals surface area contributed by atoms with Gasteiger partial charge < -0.3 is 14.7 Å². The Labute approximate surface area is 180 Å². The lowest BCUT2D eigenvalue weighted by Crippen LogP contribution is -2.39. The van der Waals surface area contributed by atoms with E-state index in [9.17, 15) is 19.5 Å². The van der Waals surface area contributed by atoms with Gasteiger partial charge in [-0.25, -0.2) is 9.59 Å². The largest absolute Gasteiger partial charge is 0.477 e. The van der Waals surface area contributed by atoms with Gasteiger partial charge in [0, 0.05) is 19.3 Å². The Morgan fingerprint density at radius 2 is 1.94 bits per heavy atom. The van der Waals surface area contributed by atoms with E-state index in [0.717, 1.165) is 40.6 Å². The molecule has 7 heteroatoms. The minimum atomic E-state index is -1.19. The molecule has 7 nitrogen and oxygen atoms in total. The van der Waals surface area contributed by atoms with Gasteiger partial charge in [-0.3, -0.25) is 9.20 Å². The van der Waals surface area contributed by atoms with Crippen LogP contribution in [0.4, 0.5) is 4.79 Å². The number of fused-ring (bicyclic) bond motifs is 1. The molecule has 31 heavy (non-hydrogen) atoms. The van der Waals surface area contributed by atoms with E-state index in [2.05, 4.69) is 0 Å².